The average molecular weight is 419 g/mol. The van der Waals surface area contributed by atoms with E-state index in [9.17, 15) is 9.59 Å². The number of amides is 2. The van der Waals surface area contributed by atoms with Crippen LogP contribution in [0.1, 0.15) is 31.4 Å². The zero-order valence-corrected chi connectivity index (χ0v) is 18.5. The fraction of sp³-hybridized carbons (Fsp3) is 0.385. The fourth-order valence-electron chi connectivity index (χ4n) is 4.81. The van der Waals surface area contributed by atoms with Crippen LogP contribution in [0, 0.1) is 11.8 Å². The van der Waals surface area contributed by atoms with Gasteiger partial charge in [-0.05, 0) is 47.9 Å². The van der Waals surface area contributed by atoms with Gasteiger partial charge in [-0.15, -0.1) is 0 Å². The van der Waals surface area contributed by atoms with E-state index in [-0.39, 0.29) is 11.8 Å². The monoisotopic (exact) mass is 418 g/mol. The lowest BCUT2D eigenvalue weighted by molar-refractivity contribution is -0.137. The number of ether oxygens (including phenoxy) is 1. The SMILES string of the molecule is COc1ccc(C2=C(N3CC(C)CC(C)C3)C(=O)N(CCc3ccccc3)C2=O)cc1. The minimum absolute atomic E-state index is 0.173. The van der Waals surface area contributed by atoms with Crippen molar-refractivity contribution in [3.8, 4) is 5.75 Å². The van der Waals surface area contributed by atoms with Gasteiger partial charge >= 0.3 is 0 Å². The number of methoxy groups -OCH3 is 1. The van der Waals surface area contributed by atoms with Gasteiger partial charge in [-0.3, -0.25) is 14.5 Å². The lowest BCUT2D eigenvalue weighted by Crippen LogP contribution is -2.42. The van der Waals surface area contributed by atoms with Crippen molar-refractivity contribution in [2.24, 2.45) is 11.8 Å². The molecule has 0 saturated carbocycles. The standard InChI is InChI=1S/C26H30N2O3/c1-18-15-19(2)17-27(16-18)24-23(21-9-11-22(31-3)12-10-21)25(29)28(26(24)30)14-13-20-7-5-4-6-8-20/h4-12,18-19H,13-17H2,1-3H3. The summed E-state index contributed by atoms with van der Waals surface area (Å²) in [6.07, 6.45) is 1.79. The first-order chi connectivity index (χ1) is 15.0. The molecule has 2 unspecified atom stereocenters. The van der Waals surface area contributed by atoms with Gasteiger partial charge in [0.25, 0.3) is 11.8 Å². The molecule has 2 aromatic carbocycles. The molecule has 5 heteroatoms. The first kappa shape index (κ1) is 21.2. The van der Waals surface area contributed by atoms with E-state index in [0.717, 1.165) is 36.4 Å². The summed E-state index contributed by atoms with van der Waals surface area (Å²) in [6.45, 7) is 6.40. The topological polar surface area (TPSA) is 49.9 Å². The highest BCUT2D eigenvalue weighted by Crippen LogP contribution is 2.35. The van der Waals surface area contributed by atoms with Gasteiger partial charge in [-0.1, -0.05) is 56.3 Å². The third-order valence-electron chi connectivity index (χ3n) is 6.17. The molecule has 0 spiro atoms. The Bertz CT molecular complexity index is 971. The average Bonchev–Trinajstić information content (AvgIpc) is 3.02. The van der Waals surface area contributed by atoms with E-state index in [1.54, 1.807) is 7.11 Å². The molecule has 2 aromatic rings. The molecule has 0 N–H and O–H groups in total. The zero-order chi connectivity index (χ0) is 22.0. The quantitative estimate of drug-likeness (QED) is 0.666. The van der Waals surface area contributed by atoms with Crippen molar-refractivity contribution in [1.29, 1.82) is 0 Å². The predicted octanol–water partition coefficient (Wildman–Crippen LogP) is 4.00. The van der Waals surface area contributed by atoms with Gasteiger partial charge in [0, 0.05) is 19.6 Å². The van der Waals surface area contributed by atoms with E-state index in [2.05, 4.69) is 18.7 Å². The summed E-state index contributed by atoms with van der Waals surface area (Å²) in [4.78, 5) is 30.6. The fourth-order valence-corrected chi connectivity index (χ4v) is 4.81. The number of hydrogen-bond donors (Lipinski definition) is 0. The number of piperidine rings is 1. The summed E-state index contributed by atoms with van der Waals surface area (Å²) >= 11 is 0. The lowest BCUT2D eigenvalue weighted by atomic mass is 9.91. The molecule has 2 atom stereocenters. The van der Waals surface area contributed by atoms with Gasteiger partial charge in [0.05, 0.1) is 12.7 Å². The molecule has 2 amide bonds. The molecule has 2 heterocycles. The molecule has 31 heavy (non-hydrogen) atoms. The molecule has 162 valence electrons. The van der Waals surface area contributed by atoms with Crippen LogP contribution in [0.5, 0.6) is 5.75 Å². The largest absolute Gasteiger partial charge is 0.497 e. The molecule has 2 aliphatic rings. The van der Waals surface area contributed by atoms with Crippen LogP contribution >= 0.6 is 0 Å². The molecule has 2 aliphatic heterocycles. The number of rotatable bonds is 6. The Morgan fingerprint density at radius 1 is 0.903 bits per heavy atom. The molecular formula is C26H30N2O3. The molecule has 0 aliphatic carbocycles. The van der Waals surface area contributed by atoms with Crippen LogP contribution in [0.25, 0.3) is 5.57 Å². The molecule has 0 aromatic heterocycles. The zero-order valence-electron chi connectivity index (χ0n) is 18.5. The highest BCUT2D eigenvalue weighted by molar-refractivity contribution is 6.35. The van der Waals surface area contributed by atoms with Crippen LogP contribution < -0.4 is 4.74 Å². The highest BCUT2D eigenvalue weighted by Gasteiger charge is 2.42. The summed E-state index contributed by atoms with van der Waals surface area (Å²) in [7, 11) is 1.62. The van der Waals surface area contributed by atoms with Crippen molar-refractivity contribution in [1.82, 2.24) is 9.80 Å². The number of hydrogen-bond acceptors (Lipinski definition) is 4. The number of carbonyl (C=O) groups excluding carboxylic acids is 2. The molecule has 1 saturated heterocycles. The third kappa shape index (κ3) is 4.36. The summed E-state index contributed by atoms with van der Waals surface area (Å²) in [6, 6.07) is 17.4. The van der Waals surface area contributed by atoms with Crippen molar-refractivity contribution in [3.63, 3.8) is 0 Å². The molecule has 4 rings (SSSR count). The molecule has 0 radical (unpaired) electrons. The van der Waals surface area contributed by atoms with Crippen LogP contribution in [0.4, 0.5) is 0 Å². The number of carbonyl (C=O) groups is 2. The van der Waals surface area contributed by atoms with Gasteiger partial charge in [-0.2, -0.15) is 0 Å². The maximum atomic E-state index is 13.5. The van der Waals surface area contributed by atoms with E-state index in [4.69, 9.17) is 4.74 Å². The Morgan fingerprint density at radius 2 is 1.55 bits per heavy atom. The van der Waals surface area contributed by atoms with Crippen LogP contribution in [0.15, 0.2) is 60.3 Å². The summed E-state index contributed by atoms with van der Waals surface area (Å²) < 4.78 is 5.27. The van der Waals surface area contributed by atoms with Crippen molar-refractivity contribution < 1.29 is 14.3 Å². The Balaban J connectivity index is 1.68. The van der Waals surface area contributed by atoms with Gasteiger partial charge < -0.3 is 9.64 Å². The summed E-state index contributed by atoms with van der Waals surface area (Å²) in [5.74, 6) is 1.31. The maximum Gasteiger partial charge on any atom is 0.277 e. The first-order valence-electron chi connectivity index (χ1n) is 11.0. The summed E-state index contributed by atoms with van der Waals surface area (Å²) in [5, 5.41) is 0. The number of imide groups is 1. The maximum absolute atomic E-state index is 13.5. The minimum atomic E-state index is -0.202. The Kier molecular flexibility index (Phi) is 6.12. The number of nitrogens with zero attached hydrogens (tertiary/aromatic N) is 2. The molecular weight excluding hydrogens is 388 g/mol. The van der Waals surface area contributed by atoms with E-state index < -0.39 is 0 Å². The van der Waals surface area contributed by atoms with Crippen LogP contribution in [-0.2, 0) is 16.0 Å². The van der Waals surface area contributed by atoms with Crippen molar-refractivity contribution in [2.45, 2.75) is 26.7 Å². The van der Waals surface area contributed by atoms with Gasteiger partial charge in [0.1, 0.15) is 11.4 Å². The Hall–Kier alpha value is -3.08. The smallest absolute Gasteiger partial charge is 0.277 e. The van der Waals surface area contributed by atoms with Gasteiger partial charge in [0.2, 0.25) is 0 Å². The third-order valence-corrected chi connectivity index (χ3v) is 6.17. The molecule has 5 nitrogen and oxygen atoms in total. The van der Waals surface area contributed by atoms with Crippen molar-refractivity contribution in [3.05, 3.63) is 71.4 Å². The van der Waals surface area contributed by atoms with E-state index in [1.807, 2.05) is 54.6 Å². The highest BCUT2D eigenvalue weighted by atomic mass is 16.5. The van der Waals surface area contributed by atoms with Crippen LogP contribution in [0.2, 0.25) is 0 Å². The normalized spacial score (nSPS) is 21.8. The summed E-state index contributed by atoms with van der Waals surface area (Å²) in [5.41, 5.74) is 2.95. The van der Waals surface area contributed by atoms with Gasteiger partial charge in [-0.25, -0.2) is 0 Å². The lowest BCUT2D eigenvalue weighted by Gasteiger charge is -2.37. The van der Waals surface area contributed by atoms with E-state index in [0.29, 0.717) is 36.1 Å². The predicted molar refractivity (Wildman–Crippen MR) is 121 cm³/mol. The van der Waals surface area contributed by atoms with E-state index >= 15 is 0 Å². The Morgan fingerprint density at radius 3 is 2.16 bits per heavy atom. The first-order valence-corrected chi connectivity index (χ1v) is 11.0. The van der Waals surface area contributed by atoms with Gasteiger partial charge in [0.15, 0.2) is 0 Å². The minimum Gasteiger partial charge on any atom is -0.497 e. The second-order valence-corrected chi connectivity index (χ2v) is 8.80. The van der Waals surface area contributed by atoms with Crippen LogP contribution in [-0.4, -0.2) is 48.4 Å². The molecule has 1 fully saturated rings. The van der Waals surface area contributed by atoms with E-state index in [1.165, 1.54) is 4.90 Å². The number of likely N-dealkylation sites (tertiary alicyclic amines) is 1. The second kappa shape index (κ2) is 8.96. The number of benzene rings is 2. The van der Waals surface area contributed by atoms with Crippen molar-refractivity contribution in [2.75, 3.05) is 26.7 Å². The Labute approximate surface area is 184 Å². The van der Waals surface area contributed by atoms with Crippen molar-refractivity contribution >= 4 is 17.4 Å². The van der Waals surface area contributed by atoms with Crippen LogP contribution in [0.3, 0.4) is 0 Å². The second-order valence-electron chi connectivity index (χ2n) is 8.80. The molecule has 0 bridgehead atoms.